The molecule has 1 heterocycles. The molecule has 102 valence electrons. The number of rotatable bonds is 9. The van der Waals surface area contributed by atoms with Crippen molar-refractivity contribution in [3.8, 4) is 0 Å². The van der Waals surface area contributed by atoms with Crippen molar-refractivity contribution in [2.24, 2.45) is 0 Å². The van der Waals surface area contributed by atoms with Crippen molar-refractivity contribution < 1.29 is 0 Å². The quantitative estimate of drug-likeness (QED) is 0.729. The molecule has 1 aromatic rings. The Hall–Kier alpha value is -0.930. The lowest BCUT2D eigenvalue weighted by atomic mass is 10.2. The lowest BCUT2D eigenvalue weighted by molar-refractivity contribution is 0.269. The molecular weight excluding hydrogens is 222 g/mol. The van der Waals surface area contributed by atoms with Crippen molar-refractivity contribution in [1.29, 1.82) is 0 Å². The summed E-state index contributed by atoms with van der Waals surface area (Å²) in [6, 6.07) is 6.78. The third kappa shape index (κ3) is 5.61. The molecule has 3 nitrogen and oxygen atoms in total. The summed E-state index contributed by atoms with van der Waals surface area (Å²) in [5, 5.41) is 3.61. The molecule has 0 amide bonds. The van der Waals surface area contributed by atoms with E-state index in [2.05, 4.69) is 48.1 Å². The van der Waals surface area contributed by atoms with Gasteiger partial charge in [0, 0.05) is 31.9 Å². The van der Waals surface area contributed by atoms with Gasteiger partial charge in [-0.2, -0.15) is 0 Å². The number of aromatic nitrogens is 1. The van der Waals surface area contributed by atoms with Crippen molar-refractivity contribution in [1.82, 2.24) is 15.2 Å². The molecule has 0 radical (unpaired) electrons. The average molecular weight is 249 g/mol. The number of nitrogens with zero attached hydrogens (tertiary/aromatic N) is 2. The van der Waals surface area contributed by atoms with Crippen LogP contribution in [0.4, 0.5) is 0 Å². The first kappa shape index (κ1) is 15.1. The monoisotopic (exact) mass is 249 g/mol. The largest absolute Gasteiger partial charge is 0.313 e. The van der Waals surface area contributed by atoms with Crippen LogP contribution in [-0.2, 0) is 6.54 Å². The predicted octanol–water partition coefficient (Wildman–Crippen LogP) is 2.68. The van der Waals surface area contributed by atoms with Crippen molar-refractivity contribution in [2.45, 2.75) is 46.2 Å². The maximum absolute atomic E-state index is 4.38. The second kappa shape index (κ2) is 9.06. The van der Waals surface area contributed by atoms with Gasteiger partial charge < -0.3 is 5.32 Å². The molecule has 0 saturated carbocycles. The van der Waals surface area contributed by atoms with Crippen LogP contribution in [0.5, 0.6) is 0 Å². The fourth-order valence-electron chi connectivity index (χ4n) is 2.07. The van der Waals surface area contributed by atoms with Crippen molar-refractivity contribution in [3.05, 3.63) is 30.1 Å². The number of likely N-dealkylation sites (N-methyl/N-ethyl adjacent to an activating group) is 1. The second-order valence-electron chi connectivity index (χ2n) is 4.66. The van der Waals surface area contributed by atoms with E-state index in [4.69, 9.17) is 0 Å². The van der Waals surface area contributed by atoms with Gasteiger partial charge in [-0.25, -0.2) is 0 Å². The normalized spacial score (nSPS) is 11.4. The summed E-state index contributed by atoms with van der Waals surface area (Å²) in [6.07, 6.45) is 4.29. The molecule has 18 heavy (non-hydrogen) atoms. The second-order valence-corrected chi connectivity index (χ2v) is 4.66. The molecule has 1 rings (SSSR count). The molecule has 0 fully saturated rings. The van der Waals surface area contributed by atoms with E-state index in [-0.39, 0.29) is 0 Å². The molecule has 0 aliphatic carbocycles. The molecule has 0 saturated heterocycles. The van der Waals surface area contributed by atoms with Crippen LogP contribution in [0.1, 0.15) is 39.3 Å². The summed E-state index contributed by atoms with van der Waals surface area (Å²) < 4.78 is 0. The van der Waals surface area contributed by atoms with E-state index in [1.807, 2.05) is 12.3 Å². The Morgan fingerprint density at radius 2 is 2.00 bits per heavy atom. The van der Waals surface area contributed by atoms with Gasteiger partial charge in [-0.3, -0.25) is 9.88 Å². The number of pyridine rings is 1. The molecule has 0 spiro atoms. The highest BCUT2D eigenvalue weighted by molar-refractivity contribution is 5.03. The minimum Gasteiger partial charge on any atom is -0.313 e. The molecule has 0 bridgehead atoms. The van der Waals surface area contributed by atoms with E-state index < -0.39 is 0 Å². The van der Waals surface area contributed by atoms with Crippen LogP contribution in [-0.4, -0.2) is 35.6 Å². The van der Waals surface area contributed by atoms with Crippen LogP contribution in [0, 0.1) is 0 Å². The molecule has 0 aliphatic rings. The molecule has 1 aromatic heterocycles. The maximum atomic E-state index is 4.38. The predicted molar refractivity (Wildman–Crippen MR) is 77.6 cm³/mol. The van der Waals surface area contributed by atoms with Gasteiger partial charge >= 0.3 is 0 Å². The van der Waals surface area contributed by atoms with Crippen LogP contribution < -0.4 is 5.32 Å². The van der Waals surface area contributed by atoms with E-state index >= 15 is 0 Å². The molecule has 0 atom stereocenters. The lowest BCUT2D eigenvalue weighted by Gasteiger charge is -2.22. The highest BCUT2D eigenvalue weighted by atomic mass is 15.1. The van der Waals surface area contributed by atoms with Gasteiger partial charge in [0.2, 0.25) is 0 Å². The average Bonchev–Trinajstić information content (AvgIpc) is 2.43. The first-order valence-corrected chi connectivity index (χ1v) is 7.15. The first-order valence-electron chi connectivity index (χ1n) is 7.15. The Labute approximate surface area is 112 Å². The summed E-state index contributed by atoms with van der Waals surface area (Å²) in [7, 11) is 0. The van der Waals surface area contributed by atoms with E-state index in [0.717, 1.165) is 31.9 Å². The van der Waals surface area contributed by atoms with Gasteiger partial charge in [0.25, 0.3) is 0 Å². The number of hydrogen-bond donors (Lipinski definition) is 1. The number of nitrogens with one attached hydrogen (secondary N) is 1. The van der Waals surface area contributed by atoms with E-state index in [1.165, 1.54) is 12.8 Å². The van der Waals surface area contributed by atoms with Gasteiger partial charge in [0.05, 0.1) is 5.69 Å². The van der Waals surface area contributed by atoms with Gasteiger partial charge in [-0.1, -0.05) is 26.8 Å². The topological polar surface area (TPSA) is 28.2 Å². The Kier molecular flexibility index (Phi) is 7.62. The summed E-state index contributed by atoms with van der Waals surface area (Å²) in [5.74, 6) is 0. The first-order chi connectivity index (χ1) is 8.80. The zero-order valence-electron chi connectivity index (χ0n) is 12.0. The van der Waals surface area contributed by atoms with Gasteiger partial charge in [0.1, 0.15) is 0 Å². The maximum Gasteiger partial charge on any atom is 0.0543 e. The van der Waals surface area contributed by atoms with E-state index in [9.17, 15) is 0 Å². The molecule has 0 aliphatic heterocycles. The third-order valence-electron chi connectivity index (χ3n) is 3.41. The Morgan fingerprint density at radius 3 is 2.56 bits per heavy atom. The van der Waals surface area contributed by atoms with Crippen LogP contribution in [0.3, 0.4) is 0 Å². The smallest absolute Gasteiger partial charge is 0.0543 e. The lowest BCUT2D eigenvalue weighted by Crippen LogP contribution is -2.36. The van der Waals surface area contributed by atoms with Crippen molar-refractivity contribution >= 4 is 0 Å². The molecule has 0 unspecified atom stereocenters. The van der Waals surface area contributed by atoms with Crippen LogP contribution >= 0.6 is 0 Å². The number of hydrogen-bond acceptors (Lipinski definition) is 3. The zero-order valence-corrected chi connectivity index (χ0v) is 12.0. The van der Waals surface area contributed by atoms with Gasteiger partial charge in [0.15, 0.2) is 0 Å². The standard InChI is InChI=1S/C15H27N3/c1-4-14(5-2)17-11-12-18(6-3)13-15-9-7-8-10-16-15/h7-10,14,17H,4-6,11-13H2,1-3H3. The van der Waals surface area contributed by atoms with Crippen molar-refractivity contribution in [3.63, 3.8) is 0 Å². The summed E-state index contributed by atoms with van der Waals surface area (Å²) in [5.41, 5.74) is 1.15. The summed E-state index contributed by atoms with van der Waals surface area (Å²) in [6.45, 7) is 10.9. The molecule has 3 heteroatoms. The molecular formula is C15H27N3. The minimum absolute atomic E-state index is 0.665. The van der Waals surface area contributed by atoms with Crippen LogP contribution in [0.15, 0.2) is 24.4 Å². The fraction of sp³-hybridized carbons (Fsp3) is 0.667. The highest BCUT2D eigenvalue weighted by Gasteiger charge is 2.06. The summed E-state index contributed by atoms with van der Waals surface area (Å²) in [4.78, 5) is 6.81. The van der Waals surface area contributed by atoms with Gasteiger partial charge in [-0.15, -0.1) is 0 Å². The third-order valence-corrected chi connectivity index (χ3v) is 3.41. The Balaban J connectivity index is 2.29. The van der Waals surface area contributed by atoms with E-state index in [1.54, 1.807) is 0 Å². The Bertz CT molecular complexity index is 296. The van der Waals surface area contributed by atoms with Crippen molar-refractivity contribution in [2.75, 3.05) is 19.6 Å². The molecule has 0 aromatic carbocycles. The molecule has 1 N–H and O–H groups in total. The fourth-order valence-corrected chi connectivity index (χ4v) is 2.07. The zero-order chi connectivity index (χ0) is 13.2. The highest BCUT2D eigenvalue weighted by Crippen LogP contribution is 2.01. The summed E-state index contributed by atoms with van der Waals surface area (Å²) >= 11 is 0. The van der Waals surface area contributed by atoms with Crippen LogP contribution in [0.2, 0.25) is 0 Å². The van der Waals surface area contributed by atoms with E-state index in [0.29, 0.717) is 6.04 Å². The van der Waals surface area contributed by atoms with Gasteiger partial charge in [-0.05, 0) is 31.5 Å². The minimum atomic E-state index is 0.665. The Morgan fingerprint density at radius 1 is 1.22 bits per heavy atom. The SMILES string of the molecule is CCC(CC)NCCN(CC)Cc1ccccn1. The van der Waals surface area contributed by atoms with Crippen LogP contribution in [0.25, 0.3) is 0 Å².